The molecule has 0 saturated heterocycles. The van der Waals surface area contributed by atoms with Crippen molar-refractivity contribution in [3.63, 3.8) is 0 Å². The molecule has 0 amide bonds. The van der Waals surface area contributed by atoms with Crippen molar-refractivity contribution in [2.75, 3.05) is 19.8 Å². The van der Waals surface area contributed by atoms with Crippen molar-refractivity contribution in [1.29, 1.82) is 0 Å². The van der Waals surface area contributed by atoms with Gasteiger partial charge in [0.05, 0.1) is 6.61 Å². The lowest BCUT2D eigenvalue weighted by Crippen LogP contribution is -2.30. The van der Waals surface area contributed by atoms with Gasteiger partial charge in [-0.2, -0.15) is 0 Å². The topological polar surface area (TPSA) is 30.5 Å². The number of hydrogen-bond donors (Lipinski definition) is 1. The Labute approximate surface area is 123 Å². The Morgan fingerprint density at radius 2 is 1.65 bits per heavy atom. The summed E-state index contributed by atoms with van der Waals surface area (Å²) >= 11 is 0. The number of para-hydroxylation sites is 2. The number of benzene rings is 1. The van der Waals surface area contributed by atoms with Crippen LogP contribution in [0.3, 0.4) is 0 Å². The standard InChI is InChI=1S/C17H29NO2/c1-5-19-16-8-6-7-9-17(16)20-13-12-18-15(4)11-10-14(2)3/h6-9,14-15,18H,5,10-13H2,1-4H3. The van der Waals surface area contributed by atoms with Gasteiger partial charge in [0.15, 0.2) is 11.5 Å². The molecule has 0 spiro atoms. The Bertz CT molecular complexity index is 366. The van der Waals surface area contributed by atoms with E-state index in [1.165, 1.54) is 12.8 Å². The fraction of sp³-hybridized carbons (Fsp3) is 0.647. The molecule has 0 aliphatic carbocycles. The van der Waals surface area contributed by atoms with Crippen LogP contribution in [0.5, 0.6) is 11.5 Å². The Morgan fingerprint density at radius 1 is 1.00 bits per heavy atom. The van der Waals surface area contributed by atoms with Crippen molar-refractivity contribution in [2.24, 2.45) is 5.92 Å². The molecule has 1 unspecified atom stereocenters. The fourth-order valence-electron chi connectivity index (χ4n) is 2.00. The van der Waals surface area contributed by atoms with Crippen LogP contribution in [-0.4, -0.2) is 25.8 Å². The zero-order chi connectivity index (χ0) is 14.8. The van der Waals surface area contributed by atoms with E-state index in [-0.39, 0.29) is 0 Å². The molecule has 0 heterocycles. The van der Waals surface area contributed by atoms with Crippen LogP contribution in [0.1, 0.15) is 40.5 Å². The maximum atomic E-state index is 5.78. The molecule has 3 heteroatoms. The van der Waals surface area contributed by atoms with Gasteiger partial charge in [0.2, 0.25) is 0 Å². The summed E-state index contributed by atoms with van der Waals surface area (Å²) in [6.45, 7) is 10.9. The van der Waals surface area contributed by atoms with Crippen LogP contribution in [0, 0.1) is 5.92 Å². The van der Waals surface area contributed by atoms with Crippen LogP contribution in [0.4, 0.5) is 0 Å². The van der Waals surface area contributed by atoms with Crippen molar-refractivity contribution in [3.8, 4) is 11.5 Å². The summed E-state index contributed by atoms with van der Waals surface area (Å²) in [6.07, 6.45) is 2.48. The molecule has 1 rings (SSSR count). The smallest absolute Gasteiger partial charge is 0.161 e. The van der Waals surface area contributed by atoms with E-state index in [2.05, 4.69) is 26.1 Å². The van der Waals surface area contributed by atoms with E-state index in [0.717, 1.165) is 24.0 Å². The molecule has 0 radical (unpaired) electrons. The van der Waals surface area contributed by atoms with Crippen LogP contribution in [0.25, 0.3) is 0 Å². The Morgan fingerprint density at radius 3 is 2.25 bits per heavy atom. The van der Waals surface area contributed by atoms with E-state index in [1.54, 1.807) is 0 Å². The third-order valence-electron chi connectivity index (χ3n) is 3.18. The summed E-state index contributed by atoms with van der Waals surface area (Å²) in [6, 6.07) is 8.37. The lowest BCUT2D eigenvalue weighted by molar-refractivity contribution is 0.271. The Hall–Kier alpha value is -1.22. The van der Waals surface area contributed by atoms with Crippen LogP contribution in [0.15, 0.2) is 24.3 Å². The molecule has 0 aromatic heterocycles. The maximum absolute atomic E-state index is 5.78. The van der Waals surface area contributed by atoms with Crippen LogP contribution in [0.2, 0.25) is 0 Å². The molecular weight excluding hydrogens is 250 g/mol. The zero-order valence-corrected chi connectivity index (χ0v) is 13.3. The first-order valence-corrected chi connectivity index (χ1v) is 7.71. The van der Waals surface area contributed by atoms with Gasteiger partial charge in [-0.05, 0) is 44.7 Å². The maximum Gasteiger partial charge on any atom is 0.161 e. The van der Waals surface area contributed by atoms with Gasteiger partial charge in [0, 0.05) is 12.6 Å². The van der Waals surface area contributed by atoms with E-state index >= 15 is 0 Å². The van der Waals surface area contributed by atoms with Gasteiger partial charge in [-0.25, -0.2) is 0 Å². The SMILES string of the molecule is CCOc1ccccc1OCCNC(C)CCC(C)C. The lowest BCUT2D eigenvalue weighted by Gasteiger charge is -2.16. The Kier molecular flexibility index (Phi) is 8.12. The van der Waals surface area contributed by atoms with E-state index in [4.69, 9.17) is 9.47 Å². The molecule has 0 bridgehead atoms. The van der Waals surface area contributed by atoms with Crippen molar-refractivity contribution in [1.82, 2.24) is 5.32 Å². The van der Waals surface area contributed by atoms with Gasteiger partial charge in [-0.15, -0.1) is 0 Å². The largest absolute Gasteiger partial charge is 0.490 e. The molecule has 114 valence electrons. The minimum Gasteiger partial charge on any atom is -0.490 e. The summed E-state index contributed by atoms with van der Waals surface area (Å²) in [5, 5.41) is 3.49. The molecular formula is C17H29NO2. The van der Waals surface area contributed by atoms with E-state index in [1.807, 2.05) is 31.2 Å². The van der Waals surface area contributed by atoms with E-state index in [0.29, 0.717) is 19.3 Å². The molecule has 1 aromatic carbocycles. The molecule has 0 aliphatic heterocycles. The summed E-state index contributed by atoms with van der Waals surface area (Å²) in [7, 11) is 0. The van der Waals surface area contributed by atoms with Gasteiger partial charge in [0.25, 0.3) is 0 Å². The third kappa shape index (κ3) is 6.80. The summed E-state index contributed by atoms with van der Waals surface area (Å²) < 4.78 is 11.3. The first-order valence-electron chi connectivity index (χ1n) is 7.71. The summed E-state index contributed by atoms with van der Waals surface area (Å²) in [5.41, 5.74) is 0. The highest BCUT2D eigenvalue weighted by atomic mass is 16.5. The highest BCUT2D eigenvalue weighted by Crippen LogP contribution is 2.26. The predicted octanol–water partition coefficient (Wildman–Crippen LogP) is 3.88. The monoisotopic (exact) mass is 279 g/mol. The van der Waals surface area contributed by atoms with Gasteiger partial charge in [-0.3, -0.25) is 0 Å². The van der Waals surface area contributed by atoms with E-state index in [9.17, 15) is 0 Å². The molecule has 1 atom stereocenters. The molecule has 20 heavy (non-hydrogen) atoms. The number of nitrogens with one attached hydrogen (secondary N) is 1. The second-order valence-electron chi connectivity index (χ2n) is 5.55. The number of hydrogen-bond acceptors (Lipinski definition) is 3. The summed E-state index contributed by atoms with van der Waals surface area (Å²) in [5.74, 6) is 2.42. The van der Waals surface area contributed by atoms with Crippen molar-refractivity contribution < 1.29 is 9.47 Å². The molecule has 1 aromatic rings. The molecule has 3 nitrogen and oxygen atoms in total. The average Bonchev–Trinajstić information content (AvgIpc) is 2.43. The minimum atomic E-state index is 0.545. The lowest BCUT2D eigenvalue weighted by atomic mass is 10.0. The quantitative estimate of drug-likeness (QED) is 0.659. The first kappa shape index (κ1) is 16.8. The van der Waals surface area contributed by atoms with Crippen molar-refractivity contribution in [3.05, 3.63) is 24.3 Å². The van der Waals surface area contributed by atoms with Crippen molar-refractivity contribution >= 4 is 0 Å². The van der Waals surface area contributed by atoms with Crippen LogP contribution in [-0.2, 0) is 0 Å². The zero-order valence-electron chi connectivity index (χ0n) is 13.3. The normalized spacial score (nSPS) is 12.4. The van der Waals surface area contributed by atoms with Gasteiger partial charge in [0.1, 0.15) is 6.61 Å². The molecule has 0 fully saturated rings. The highest BCUT2D eigenvalue weighted by Gasteiger charge is 2.05. The number of ether oxygens (including phenoxy) is 2. The third-order valence-corrected chi connectivity index (χ3v) is 3.18. The van der Waals surface area contributed by atoms with E-state index < -0.39 is 0 Å². The van der Waals surface area contributed by atoms with Gasteiger partial charge < -0.3 is 14.8 Å². The molecule has 0 saturated carbocycles. The molecule has 1 N–H and O–H groups in total. The minimum absolute atomic E-state index is 0.545. The number of rotatable bonds is 10. The van der Waals surface area contributed by atoms with Gasteiger partial charge >= 0.3 is 0 Å². The van der Waals surface area contributed by atoms with Crippen LogP contribution < -0.4 is 14.8 Å². The average molecular weight is 279 g/mol. The second-order valence-corrected chi connectivity index (χ2v) is 5.55. The van der Waals surface area contributed by atoms with Gasteiger partial charge in [-0.1, -0.05) is 26.0 Å². The first-order chi connectivity index (χ1) is 9.63. The molecule has 0 aliphatic rings. The second kappa shape index (κ2) is 9.65. The Balaban J connectivity index is 2.24. The highest BCUT2D eigenvalue weighted by molar-refractivity contribution is 5.39. The fourth-order valence-corrected chi connectivity index (χ4v) is 2.00. The predicted molar refractivity (Wildman–Crippen MR) is 84.6 cm³/mol. The van der Waals surface area contributed by atoms with Crippen LogP contribution >= 0.6 is 0 Å². The van der Waals surface area contributed by atoms with Crippen molar-refractivity contribution in [2.45, 2.75) is 46.6 Å². The summed E-state index contributed by atoms with van der Waals surface area (Å²) in [4.78, 5) is 0.